The van der Waals surface area contributed by atoms with Gasteiger partial charge in [-0.25, -0.2) is 0 Å². The molecule has 2 aliphatic rings. The number of unbranched alkanes of at least 4 members (excludes halogenated alkanes) is 1. The van der Waals surface area contributed by atoms with Gasteiger partial charge in [0.1, 0.15) is 0 Å². The Bertz CT molecular complexity index is 1740. The number of ether oxygens (including phenoxy) is 1. The summed E-state index contributed by atoms with van der Waals surface area (Å²) >= 11 is 6.04. The highest BCUT2D eigenvalue weighted by Gasteiger charge is 2.45. The monoisotopic (exact) mass is 730 g/mol. The van der Waals surface area contributed by atoms with Gasteiger partial charge in [0.15, 0.2) is 12.4 Å². The number of benzene rings is 2. The first-order chi connectivity index (χ1) is 24.2. The van der Waals surface area contributed by atoms with E-state index in [1.807, 2.05) is 19.1 Å². The summed E-state index contributed by atoms with van der Waals surface area (Å²) in [4.78, 5) is 64.1. The first kappa shape index (κ1) is 37.3. The number of ketones is 1. The van der Waals surface area contributed by atoms with Gasteiger partial charge in [-0.1, -0.05) is 37.1 Å². The van der Waals surface area contributed by atoms with Crippen molar-refractivity contribution in [3.05, 3.63) is 64.7 Å². The van der Waals surface area contributed by atoms with Gasteiger partial charge in [-0.05, 0) is 74.1 Å². The van der Waals surface area contributed by atoms with Crippen molar-refractivity contribution in [2.75, 3.05) is 30.3 Å². The van der Waals surface area contributed by atoms with Crippen molar-refractivity contribution < 1.29 is 37.1 Å². The molecule has 0 spiro atoms. The van der Waals surface area contributed by atoms with Gasteiger partial charge in [-0.3, -0.25) is 19.2 Å². The summed E-state index contributed by atoms with van der Waals surface area (Å²) in [5.74, 6) is -3.14. The normalized spacial score (nSPS) is 17.2. The highest BCUT2D eigenvalue weighted by atomic mass is 35.5. The van der Waals surface area contributed by atoms with Crippen LogP contribution in [0.5, 0.6) is 6.01 Å². The quantitative estimate of drug-likeness (QED) is 0.167. The number of amides is 3. The van der Waals surface area contributed by atoms with Crippen LogP contribution in [0.4, 0.5) is 30.8 Å². The van der Waals surface area contributed by atoms with Gasteiger partial charge in [0.05, 0.1) is 11.6 Å². The van der Waals surface area contributed by atoms with E-state index in [1.54, 1.807) is 24.3 Å². The van der Waals surface area contributed by atoms with E-state index in [4.69, 9.17) is 22.1 Å². The maximum atomic E-state index is 13.4. The van der Waals surface area contributed by atoms with Gasteiger partial charge in [0.2, 0.25) is 11.9 Å². The topological polar surface area (TPSA) is 182 Å². The largest absolute Gasteiger partial charge is 0.454 e. The van der Waals surface area contributed by atoms with Gasteiger partial charge in [0.25, 0.3) is 5.91 Å². The molecular weight excluding hydrogens is 693 g/mol. The number of aromatic nitrogens is 3. The molecular formula is C34H38ClF3N8O5. The molecule has 1 saturated heterocycles. The molecule has 13 nitrogen and oxygen atoms in total. The molecule has 1 saturated carbocycles. The van der Waals surface area contributed by atoms with Crippen LogP contribution in [0.1, 0.15) is 67.8 Å². The van der Waals surface area contributed by atoms with Crippen LogP contribution in [0.15, 0.2) is 48.5 Å². The maximum absolute atomic E-state index is 13.4. The maximum Gasteiger partial charge on any atom is 0.422 e. The van der Waals surface area contributed by atoms with Crippen LogP contribution in [0.3, 0.4) is 0 Å². The van der Waals surface area contributed by atoms with E-state index >= 15 is 0 Å². The SMILES string of the molecule is CCCCC(=O)C(NC(=O)c1ccc(Nc2nc(NC3(c4ccc(Cl)cc4)CC3)nc(OCC(F)(F)F)n2)cc1)C1CCCN(C(=O)C(N)=O)C1. The predicted octanol–water partition coefficient (Wildman–Crippen LogP) is 4.89. The second-order valence-corrected chi connectivity index (χ2v) is 13.1. The van der Waals surface area contributed by atoms with Crippen molar-refractivity contribution in [2.45, 2.75) is 69.6 Å². The summed E-state index contributed by atoms with van der Waals surface area (Å²) < 4.78 is 43.8. The van der Waals surface area contributed by atoms with Crippen molar-refractivity contribution in [1.82, 2.24) is 25.2 Å². The van der Waals surface area contributed by atoms with Crippen molar-refractivity contribution >= 4 is 52.7 Å². The molecule has 272 valence electrons. The number of nitrogens with two attached hydrogens (primary N) is 1. The number of nitrogens with one attached hydrogen (secondary N) is 3. The fourth-order valence-corrected chi connectivity index (χ4v) is 6.05. The number of anilines is 3. The molecule has 1 aliphatic heterocycles. The first-order valence-corrected chi connectivity index (χ1v) is 16.9. The Hall–Kier alpha value is -4.99. The Morgan fingerprint density at radius 1 is 1.04 bits per heavy atom. The Morgan fingerprint density at radius 3 is 2.35 bits per heavy atom. The second-order valence-electron chi connectivity index (χ2n) is 12.6. The molecule has 0 radical (unpaired) electrons. The number of nitrogens with zero attached hydrogens (tertiary/aromatic N) is 4. The zero-order chi connectivity index (χ0) is 36.8. The van der Waals surface area contributed by atoms with E-state index in [2.05, 4.69) is 30.9 Å². The van der Waals surface area contributed by atoms with Crippen LogP contribution in [0, 0.1) is 5.92 Å². The molecule has 0 bridgehead atoms. The van der Waals surface area contributed by atoms with Gasteiger partial charge in [-0.15, -0.1) is 0 Å². The van der Waals surface area contributed by atoms with Gasteiger partial charge in [-0.2, -0.15) is 28.1 Å². The zero-order valence-corrected chi connectivity index (χ0v) is 28.5. The highest BCUT2D eigenvalue weighted by molar-refractivity contribution is 6.34. The highest BCUT2D eigenvalue weighted by Crippen LogP contribution is 2.48. The summed E-state index contributed by atoms with van der Waals surface area (Å²) in [5.41, 5.74) is 6.18. The number of hydrogen-bond acceptors (Lipinski definition) is 10. The first-order valence-electron chi connectivity index (χ1n) is 16.5. The van der Waals surface area contributed by atoms with Crippen molar-refractivity contribution in [3.8, 4) is 6.01 Å². The summed E-state index contributed by atoms with van der Waals surface area (Å²) in [6.07, 6.45) is -0.437. The molecule has 2 heterocycles. The van der Waals surface area contributed by atoms with E-state index < -0.39 is 54.0 Å². The van der Waals surface area contributed by atoms with Crippen LogP contribution >= 0.6 is 11.6 Å². The number of piperidine rings is 1. The molecule has 2 fully saturated rings. The third-order valence-electron chi connectivity index (χ3n) is 8.72. The average Bonchev–Trinajstić information content (AvgIpc) is 3.88. The number of hydrogen-bond donors (Lipinski definition) is 4. The summed E-state index contributed by atoms with van der Waals surface area (Å²) in [6, 6.07) is 11.8. The van der Waals surface area contributed by atoms with Crippen molar-refractivity contribution in [1.29, 1.82) is 0 Å². The lowest BCUT2D eigenvalue weighted by Gasteiger charge is -2.36. The van der Waals surface area contributed by atoms with Crippen LogP contribution in [0.2, 0.25) is 5.02 Å². The second kappa shape index (κ2) is 15.9. The number of alkyl halides is 3. The number of halogens is 4. The third kappa shape index (κ3) is 10.1. The Balaban J connectivity index is 1.31. The molecule has 51 heavy (non-hydrogen) atoms. The molecule has 2 aromatic carbocycles. The number of primary amides is 1. The molecule has 3 amide bonds. The minimum atomic E-state index is -4.62. The standard InChI is InChI=1S/C34H38ClF3N8O5/c1-2-3-6-25(47)26(21-5-4-17-46(18-21)29(50)27(39)48)41-28(49)20-7-13-24(14-8-20)40-30-42-31(44-32(43-30)51-19-34(36,37)38)45-33(15-16-33)22-9-11-23(35)12-10-22/h7-14,21,26H,2-6,15-19H2,1H3,(H2,39,48)(H,41,49)(H2,40,42,43,44,45). The van der Waals surface area contributed by atoms with Crippen LogP contribution < -0.4 is 26.4 Å². The number of carbonyl (C=O) groups excluding carboxylic acids is 4. The fourth-order valence-electron chi connectivity index (χ4n) is 5.92. The van der Waals surface area contributed by atoms with E-state index in [0.717, 1.165) is 24.8 Å². The smallest absolute Gasteiger partial charge is 0.422 e. The molecule has 5 N–H and O–H groups in total. The van der Waals surface area contributed by atoms with Crippen molar-refractivity contribution in [2.24, 2.45) is 11.7 Å². The molecule has 2 atom stereocenters. The number of carbonyl (C=O) groups is 4. The molecule has 17 heteroatoms. The minimum Gasteiger partial charge on any atom is -0.454 e. The zero-order valence-electron chi connectivity index (χ0n) is 27.8. The summed E-state index contributed by atoms with van der Waals surface area (Å²) in [6.45, 7) is 0.768. The lowest BCUT2D eigenvalue weighted by Crippen LogP contribution is -2.54. The molecule has 3 aromatic rings. The fraction of sp³-hybridized carbons (Fsp3) is 0.441. The predicted molar refractivity (Wildman–Crippen MR) is 181 cm³/mol. The molecule has 5 rings (SSSR count). The summed E-state index contributed by atoms with van der Waals surface area (Å²) in [5, 5.41) is 9.51. The third-order valence-corrected chi connectivity index (χ3v) is 8.97. The van der Waals surface area contributed by atoms with E-state index in [0.29, 0.717) is 36.5 Å². The van der Waals surface area contributed by atoms with Crippen LogP contribution in [-0.4, -0.2) is 75.3 Å². The number of likely N-dealkylation sites (tertiary alicyclic amines) is 1. The van der Waals surface area contributed by atoms with Crippen molar-refractivity contribution in [3.63, 3.8) is 0 Å². The Labute approximate surface area is 296 Å². The Kier molecular flexibility index (Phi) is 11.6. The minimum absolute atomic E-state index is 0.00860. The van der Waals surface area contributed by atoms with Gasteiger partial charge in [0, 0.05) is 41.7 Å². The van der Waals surface area contributed by atoms with Gasteiger partial charge < -0.3 is 31.3 Å². The summed E-state index contributed by atoms with van der Waals surface area (Å²) in [7, 11) is 0. The van der Waals surface area contributed by atoms with Gasteiger partial charge >= 0.3 is 24.0 Å². The number of rotatable bonds is 14. The molecule has 1 aliphatic carbocycles. The lowest BCUT2D eigenvalue weighted by atomic mass is 9.86. The van der Waals surface area contributed by atoms with E-state index in [9.17, 15) is 32.3 Å². The molecule has 1 aromatic heterocycles. The van der Waals surface area contributed by atoms with E-state index in [-0.39, 0.29) is 36.2 Å². The molecule has 2 unspecified atom stereocenters. The lowest BCUT2D eigenvalue weighted by molar-refractivity contribution is -0.154. The Morgan fingerprint density at radius 2 is 1.73 bits per heavy atom. The van der Waals surface area contributed by atoms with Crippen LogP contribution in [-0.2, 0) is 19.9 Å². The number of Topliss-reactive ketones (excluding diaryl/α,β-unsaturated/α-hetero) is 1. The van der Waals surface area contributed by atoms with E-state index in [1.165, 1.54) is 17.0 Å². The van der Waals surface area contributed by atoms with Crippen LogP contribution in [0.25, 0.3) is 0 Å². The average molecular weight is 731 g/mol.